The van der Waals surface area contributed by atoms with Gasteiger partial charge in [0.1, 0.15) is 0 Å². The summed E-state index contributed by atoms with van der Waals surface area (Å²) >= 11 is 6.09. The highest BCUT2D eigenvalue weighted by atomic mass is 35.5. The number of aliphatic carboxylic acids is 1. The smallest absolute Gasteiger partial charge is 0.305 e. The van der Waals surface area contributed by atoms with E-state index < -0.39 is 5.97 Å². The summed E-state index contributed by atoms with van der Waals surface area (Å²) in [6.07, 6.45) is 4.59. The number of carboxylic acids is 1. The first kappa shape index (κ1) is 18.5. The molecular formula is C18H22ClNO4. The lowest BCUT2D eigenvalue weighted by atomic mass is 10.1. The van der Waals surface area contributed by atoms with E-state index in [0.717, 1.165) is 24.0 Å². The summed E-state index contributed by atoms with van der Waals surface area (Å²) in [6.45, 7) is 3.31. The molecule has 1 aliphatic rings. The molecule has 0 saturated carbocycles. The standard InChI is InChI=1S/C18H22ClNO4/c1-13-2-3-14(12-16(13)19)4-5-17(21)20(9-6-18(22)23)15-7-10-24-11-8-15/h2-5,12,15H,6-11H2,1H3,(H,22,23). The van der Waals surface area contributed by atoms with E-state index in [0.29, 0.717) is 18.2 Å². The van der Waals surface area contributed by atoms with Gasteiger partial charge in [0.05, 0.1) is 6.42 Å². The SMILES string of the molecule is Cc1ccc(C=CC(=O)N(CCC(=O)O)C2CCOCC2)cc1Cl. The van der Waals surface area contributed by atoms with Crippen molar-refractivity contribution in [1.29, 1.82) is 0 Å². The van der Waals surface area contributed by atoms with Crippen LogP contribution in [0.5, 0.6) is 0 Å². The Morgan fingerprint density at radius 3 is 2.71 bits per heavy atom. The number of carboxylic acid groups (broad SMARTS) is 1. The maximum absolute atomic E-state index is 12.6. The number of nitrogens with zero attached hydrogens (tertiary/aromatic N) is 1. The van der Waals surface area contributed by atoms with Crippen LogP contribution < -0.4 is 0 Å². The van der Waals surface area contributed by atoms with Crippen LogP contribution in [0.15, 0.2) is 24.3 Å². The predicted molar refractivity (Wildman–Crippen MR) is 93.0 cm³/mol. The van der Waals surface area contributed by atoms with Crippen LogP contribution in [0.1, 0.15) is 30.4 Å². The maximum Gasteiger partial charge on any atom is 0.305 e. The van der Waals surface area contributed by atoms with Crippen LogP contribution in [0.25, 0.3) is 6.08 Å². The molecule has 130 valence electrons. The molecule has 0 spiro atoms. The van der Waals surface area contributed by atoms with E-state index in [2.05, 4.69) is 0 Å². The van der Waals surface area contributed by atoms with E-state index in [1.54, 1.807) is 17.0 Å². The molecule has 0 bridgehead atoms. The van der Waals surface area contributed by atoms with E-state index >= 15 is 0 Å². The summed E-state index contributed by atoms with van der Waals surface area (Å²) in [6, 6.07) is 5.61. The minimum atomic E-state index is -0.908. The van der Waals surface area contributed by atoms with E-state index in [9.17, 15) is 9.59 Å². The zero-order valence-corrected chi connectivity index (χ0v) is 14.5. The number of ether oxygens (including phenoxy) is 1. The molecule has 0 unspecified atom stereocenters. The Morgan fingerprint density at radius 2 is 2.08 bits per heavy atom. The lowest BCUT2D eigenvalue weighted by Gasteiger charge is -2.33. The number of aryl methyl sites for hydroxylation is 1. The van der Waals surface area contributed by atoms with E-state index in [1.165, 1.54) is 6.08 Å². The fraction of sp³-hybridized carbons (Fsp3) is 0.444. The monoisotopic (exact) mass is 351 g/mol. The number of amides is 1. The molecule has 2 rings (SSSR count). The fourth-order valence-electron chi connectivity index (χ4n) is 2.66. The van der Waals surface area contributed by atoms with Gasteiger partial charge in [-0.25, -0.2) is 0 Å². The van der Waals surface area contributed by atoms with Crippen LogP contribution >= 0.6 is 11.6 Å². The van der Waals surface area contributed by atoms with Gasteiger partial charge in [-0.2, -0.15) is 0 Å². The number of benzene rings is 1. The second-order valence-corrected chi connectivity index (χ2v) is 6.27. The summed E-state index contributed by atoms with van der Waals surface area (Å²) in [5.41, 5.74) is 1.81. The van der Waals surface area contributed by atoms with Gasteiger partial charge >= 0.3 is 5.97 Å². The quantitative estimate of drug-likeness (QED) is 0.799. The van der Waals surface area contributed by atoms with Crippen molar-refractivity contribution in [2.75, 3.05) is 19.8 Å². The molecule has 1 aromatic carbocycles. The van der Waals surface area contributed by atoms with Gasteiger partial charge in [-0.15, -0.1) is 0 Å². The zero-order valence-electron chi connectivity index (χ0n) is 13.7. The molecule has 0 aliphatic carbocycles. The topological polar surface area (TPSA) is 66.8 Å². The van der Waals surface area contributed by atoms with Gasteiger partial charge in [-0.1, -0.05) is 23.7 Å². The third-order valence-electron chi connectivity index (χ3n) is 4.10. The Morgan fingerprint density at radius 1 is 1.38 bits per heavy atom. The maximum atomic E-state index is 12.6. The number of rotatable bonds is 6. The van der Waals surface area contributed by atoms with Crippen LogP contribution in [-0.2, 0) is 14.3 Å². The first-order valence-electron chi connectivity index (χ1n) is 8.01. The molecule has 1 N–H and O–H groups in total. The molecule has 24 heavy (non-hydrogen) atoms. The van der Waals surface area contributed by atoms with Gasteiger partial charge in [0.2, 0.25) is 5.91 Å². The lowest BCUT2D eigenvalue weighted by molar-refractivity contribution is -0.138. The number of halogens is 1. The Balaban J connectivity index is 2.08. The van der Waals surface area contributed by atoms with Crippen molar-refractivity contribution in [3.8, 4) is 0 Å². The fourth-order valence-corrected chi connectivity index (χ4v) is 2.85. The Bertz CT molecular complexity index is 623. The van der Waals surface area contributed by atoms with Crippen molar-refractivity contribution in [3.63, 3.8) is 0 Å². The van der Waals surface area contributed by atoms with E-state index in [-0.39, 0.29) is 24.9 Å². The number of carbonyl (C=O) groups excluding carboxylic acids is 1. The summed E-state index contributed by atoms with van der Waals surface area (Å²) < 4.78 is 5.32. The molecule has 1 aliphatic heterocycles. The largest absolute Gasteiger partial charge is 0.481 e. The number of carbonyl (C=O) groups is 2. The predicted octanol–water partition coefficient (Wildman–Crippen LogP) is 3.14. The van der Waals surface area contributed by atoms with Crippen molar-refractivity contribution in [2.24, 2.45) is 0 Å². The second-order valence-electron chi connectivity index (χ2n) is 5.86. The van der Waals surface area contributed by atoms with Crippen molar-refractivity contribution in [1.82, 2.24) is 4.90 Å². The molecule has 1 aromatic rings. The Hall–Kier alpha value is -1.85. The third kappa shape index (κ3) is 5.35. The molecule has 1 fully saturated rings. The Kier molecular flexibility index (Phi) is 6.82. The highest BCUT2D eigenvalue weighted by Gasteiger charge is 2.24. The van der Waals surface area contributed by atoms with Crippen molar-refractivity contribution in [2.45, 2.75) is 32.2 Å². The van der Waals surface area contributed by atoms with Crippen molar-refractivity contribution >= 4 is 29.6 Å². The average Bonchev–Trinajstić information content (AvgIpc) is 2.57. The summed E-state index contributed by atoms with van der Waals surface area (Å²) in [5, 5.41) is 9.56. The molecule has 0 aromatic heterocycles. The third-order valence-corrected chi connectivity index (χ3v) is 4.50. The van der Waals surface area contributed by atoms with Gasteiger partial charge in [-0.05, 0) is 43.0 Å². The summed E-state index contributed by atoms with van der Waals surface area (Å²) in [4.78, 5) is 25.1. The Labute approximate surface area is 146 Å². The minimum Gasteiger partial charge on any atom is -0.481 e. The van der Waals surface area contributed by atoms with Crippen molar-refractivity contribution in [3.05, 3.63) is 40.4 Å². The average molecular weight is 352 g/mol. The molecule has 6 heteroatoms. The highest BCUT2D eigenvalue weighted by molar-refractivity contribution is 6.31. The molecule has 1 amide bonds. The van der Waals surface area contributed by atoms with Crippen LogP contribution in [0, 0.1) is 6.92 Å². The zero-order chi connectivity index (χ0) is 17.5. The highest BCUT2D eigenvalue weighted by Crippen LogP contribution is 2.19. The molecule has 0 atom stereocenters. The van der Waals surface area contributed by atoms with Gasteiger partial charge in [0.25, 0.3) is 0 Å². The van der Waals surface area contributed by atoms with Gasteiger partial charge < -0.3 is 14.7 Å². The van der Waals surface area contributed by atoms with Crippen LogP contribution in [0.4, 0.5) is 0 Å². The molecular weight excluding hydrogens is 330 g/mol. The molecule has 0 radical (unpaired) electrons. The van der Waals surface area contributed by atoms with Gasteiger partial charge in [0.15, 0.2) is 0 Å². The van der Waals surface area contributed by atoms with Crippen LogP contribution in [0.3, 0.4) is 0 Å². The van der Waals surface area contributed by atoms with Crippen molar-refractivity contribution < 1.29 is 19.4 Å². The number of hydrogen-bond acceptors (Lipinski definition) is 3. The summed E-state index contributed by atoms with van der Waals surface area (Å²) in [7, 11) is 0. The van der Waals surface area contributed by atoms with Gasteiger partial charge in [-0.3, -0.25) is 9.59 Å². The lowest BCUT2D eigenvalue weighted by Crippen LogP contribution is -2.43. The van der Waals surface area contributed by atoms with Gasteiger partial charge in [0, 0.05) is 36.9 Å². The normalized spacial score (nSPS) is 15.6. The molecule has 5 nitrogen and oxygen atoms in total. The first-order chi connectivity index (χ1) is 11.5. The molecule has 1 heterocycles. The minimum absolute atomic E-state index is 0.0249. The summed E-state index contributed by atoms with van der Waals surface area (Å²) in [5.74, 6) is -1.09. The second kappa shape index (κ2) is 8.85. The first-order valence-corrected chi connectivity index (χ1v) is 8.39. The van der Waals surface area contributed by atoms with E-state index in [1.807, 2.05) is 19.1 Å². The van der Waals surface area contributed by atoms with Crippen LogP contribution in [0.2, 0.25) is 5.02 Å². The molecule has 1 saturated heterocycles. The number of hydrogen-bond donors (Lipinski definition) is 1. The van der Waals surface area contributed by atoms with Crippen LogP contribution in [-0.4, -0.2) is 47.7 Å². The van der Waals surface area contributed by atoms with E-state index in [4.69, 9.17) is 21.4 Å².